The standard InChI is InChI=1S/C10H18O5/c1-9(2)10(11)15-7-6-14-8-13-5-4-12-3/h1,4-8H2,2-3H3. The molecule has 0 aliphatic carbocycles. The van der Waals surface area contributed by atoms with Crippen LogP contribution >= 0.6 is 0 Å². The van der Waals surface area contributed by atoms with Crippen molar-refractivity contribution in [1.82, 2.24) is 0 Å². The maximum atomic E-state index is 10.9. The van der Waals surface area contributed by atoms with Crippen LogP contribution in [0.15, 0.2) is 12.2 Å². The summed E-state index contributed by atoms with van der Waals surface area (Å²) in [6.45, 7) is 6.76. The zero-order valence-electron chi connectivity index (χ0n) is 9.28. The van der Waals surface area contributed by atoms with Gasteiger partial charge < -0.3 is 18.9 Å². The number of hydrogen-bond donors (Lipinski definition) is 0. The molecule has 0 atom stereocenters. The van der Waals surface area contributed by atoms with Crippen molar-refractivity contribution in [2.24, 2.45) is 0 Å². The molecule has 0 aromatic rings. The van der Waals surface area contributed by atoms with Crippen LogP contribution < -0.4 is 0 Å². The number of esters is 1. The first-order valence-corrected chi connectivity index (χ1v) is 4.65. The number of ether oxygens (including phenoxy) is 4. The number of carbonyl (C=O) groups is 1. The van der Waals surface area contributed by atoms with Crippen molar-refractivity contribution in [3.05, 3.63) is 12.2 Å². The molecule has 0 aliphatic rings. The topological polar surface area (TPSA) is 54.0 Å². The Labute approximate surface area is 89.9 Å². The molecule has 5 heteroatoms. The summed E-state index contributed by atoms with van der Waals surface area (Å²) in [5, 5.41) is 0. The van der Waals surface area contributed by atoms with Crippen molar-refractivity contribution in [1.29, 1.82) is 0 Å². The summed E-state index contributed by atoms with van der Waals surface area (Å²) < 4.78 is 19.6. The summed E-state index contributed by atoms with van der Waals surface area (Å²) >= 11 is 0. The molecule has 0 aliphatic heterocycles. The molecular weight excluding hydrogens is 200 g/mol. The number of carbonyl (C=O) groups excluding carboxylic acids is 1. The van der Waals surface area contributed by atoms with E-state index in [9.17, 15) is 4.79 Å². The molecule has 0 rings (SSSR count). The maximum absolute atomic E-state index is 10.9. The Balaban J connectivity index is 3.11. The lowest BCUT2D eigenvalue weighted by Gasteiger charge is -2.06. The lowest BCUT2D eigenvalue weighted by atomic mass is 10.4. The van der Waals surface area contributed by atoms with Crippen LogP contribution in [0.25, 0.3) is 0 Å². The predicted molar refractivity (Wildman–Crippen MR) is 54.4 cm³/mol. The molecule has 0 aromatic heterocycles. The van der Waals surface area contributed by atoms with Gasteiger partial charge in [0, 0.05) is 12.7 Å². The van der Waals surface area contributed by atoms with E-state index >= 15 is 0 Å². The third-order valence-electron chi connectivity index (χ3n) is 1.41. The van der Waals surface area contributed by atoms with Gasteiger partial charge in [-0.25, -0.2) is 4.79 Å². The van der Waals surface area contributed by atoms with Crippen molar-refractivity contribution >= 4 is 5.97 Å². The largest absolute Gasteiger partial charge is 0.460 e. The molecule has 0 amide bonds. The normalized spacial score (nSPS) is 10.0. The van der Waals surface area contributed by atoms with Crippen LogP contribution in [0.4, 0.5) is 0 Å². The fraction of sp³-hybridized carbons (Fsp3) is 0.700. The second kappa shape index (κ2) is 9.64. The molecule has 0 N–H and O–H groups in total. The highest BCUT2D eigenvalue weighted by Gasteiger charge is 2.01. The molecule has 0 radical (unpaired) electrons. The number of hydrogen-bond acceptors (Lipinski definition) is 5. The SMILES string of the molecule is C=C(C)C(=O)OCCOCOCCOC. The van der Waals surface area contributed by atoms with Crippen LogP contribution in [0.5, 0.6) is 0 Å². The molecule has 0 spiro atoms. The predicted octanol–water partition coefficient (Wildman–Crippen LogP) is 0.743. The lowest BCUT2D eigenvalue weighted by molar-refractivity contribution is -0.142. The third-order valence-corrected chi connectivity index (χ3v) is 1.41. The fourth-order valence-corrected chi connectivity index (χ4v) is 0.636. The molecule has 0 heterocycles. The van der Waals surface area contributed by atoms with Gasteiger partial charge >= 0.3 is 5.97 Å². The van der Waals surface area contributed by atoms with E-state index in [4.69, 9.17) is 18.9 Å². The Morgan fingerprint density at radius 1 is 1.13 bits per heavy atom. The minimum Gasteiger partial charge on any atom is -0.460 e. The minimum absolute atomic E-state index is 0.175. The monoisotopic (exact) mass is 218 g/mol. The van der Waals surface area contributed by atoms with Gasteiger partial charge in [-0.3, -0.25) is 0 Å². The highest BCUT2D eigenvalue weighted by atomic mass is 16.7. The Morgan fingerprint density at radius 2 is 1.73 bits per heavy atom. The molecule has 0 bridgehead atoms. The molecule has 88 valence electrons. The van der Waals surface area contributed by atoms with E-state index in [2.05, 4.69) is 6.58 Å². The lowest BCUT2D eigenvalue weighted by Crippen LogP contribution is -2.13. The second-order valence-electron chi connectivity index (χ2n) is 2.84. The van der Waals surface area contributed by atoms with Gasteiger partial charge in [-0.2, -0.15) is 0 Å². The number of methoxy groups -OCH3 is 1. The molecule has 0 fully saturated rings. The summed E-state index contributed by atoms with van der Waals surface area (Å²) in [6, 6.07) is 0. The first-order valence-electron chi connectivity index (χ1n) is 4.65. The van der Waals surface area contributed by atoms with Gasteiger partial charge in [-0.15, -0.1) is 0 Å². The Morgan fingerprint density at radius 3 is 2.27 bits per heavy atom. The van der Waals surface area contributed by atoms with E-state index in [1.165, 1.54) is 0 Å². The minimum atomic E-state index is -0.404. The van der Waals surface area contributed by atoms with Gasteiger partial charge in [-0.1, -0.05) is 6.58 Å². The zero-order valence-corrected chi connectivity index (χ0v) is 9.28. The van der Waals surface area contributed by atoms with E-state index in [0.717, 1.165) is 0 Å². The summed E-state index contributed by atoms with van der Waals surface area (Å²) in [5.74, 6) is -0.404. The van der Waals surface area contributed by atoms with Gasteiger partial charge in [0.1, 0.15) is 13.4 Å². The van der Waals surface area contributed by atoms with E-state index in [-0.39, 0.29) is 13.4 Å². The summed E-state index contributed by atoms with van der Waals surface area (Å²) in [5.41, 5.74) is 0.381. The van der Waals surface area contributed by atoms with Crippen LogP contribution in [0.2, 0.25) is 0 Å². The summed E-state index contributed by atoms with van der Waals surface area (Å²) in [7, 11) is 1.60. The average molecular weight is 218 g/mol. The Hall–Kier alpha value is -0.910. The molecule has 5 nitrogen and oxygen atoms in total. The van der Waals surface area contributed by atoms with Crippen molar-refractivity contribution in [2.45, 2.75) is 6.92 Å². The smallest absolute Gasteiger partial charge is 0.333 e. The van der Waals surface area contributed by atoms with E-state index in [0.29, 0.717) is 25.4 Å². The van der Waals surface area contributed by atoms with Gasteiger partial charge in [0.2, 0.25) is 0 Å². The fourth-order valence-electron chi connectivity index (χ4n) is 0.636. The average Bonchev–Trinajstić information content (AvgIpc) is 2.21. The van der Waals surface area contributed by atoms with Gasteiger partial charge in [0.15, 0.2) is 0 Å². The van der Waals surface area contributed by atoms with E-state index in [1.54, 1.807) is 14.0 Å². The van der Waals surface area contributed by atoms with Crippen molar-refractivity contribution in [3.8, 4) is 0 Å². The molecule has 0 saturated carbocycles. The third kappa shape index (κ3) is 9.40. The van der Waals surface area contributed by atoms with Crippen LogP contribution in [0.3, 0.4) is 0 Å². The van der Waals surface area contributed by atoms with Crippen molar-refractivity contribution in [3.63, 3.8) is 0 Å². The quantitative estimate of drug-likeness (QED) is 0.247. The van der Waals surface area contributed by atoms with E-state index in [1.807, 2.05) is 0 Å². The highest BCUT2D eigenvalue weighted by molar-refractivity contribution is 5.86. The summed E-state index contributed by atoms with van der Waals surface area (Å²) in [6.07, 6.45) is 0. The maximum Gasteiger partial charge on any atom is 0.333 e. The molecule has 0 unspecified atom stereocenters. The van der Waals surface area contributed by atoms with Crippen molar-refractivity contribution < 1.29 is 23.7 Å². The number of rotatable bonds is 9. The van der Waals surface area contributed by atoms with Crippen molar-refractivity contribution in [2.75, 3.05) is 40.3 Å². The van der Waals surface area contributed by atoms with Crippen LogP contribution in [0.1, 0.15) is 6.92 Å². The van der Waals surface area contributed by atoms with Gasteiger partial charge in [0.25, 0.3) is 0 Å². The highest BCUT2D eigenvalue weighted by Crippen LogP contribution is 1.91. The molecular formula is C10H18O5. The van der Waals surface area contributed by atoms with E-state index < -0.39 is 5.97 Å². The second-order valence-corrected chi connectivity index (χ2v) is 2.84. The first-order chi connectivity index (χ1) is 7.18. The molecule has 15 heavy (non-hydrogen) atoms. The molecule has 0 saturated heterocycles. The molecule has 0 aromatic carbocycles. The van der Waals surface area contributed by atoms with Crippen LogP contribution in [-0.4, -0.2) is 46.3 Å². The van der Waals surface area contributed by atoms with Crippen LogP contribution in [0, 0.1) is 0 Å². The Bertz CT molecular complexity index is 190. The van der Waals surface area contributed by atoms with Gasteiger partial charge in [0.05, 0.1) is 19.8 Å². The Kier molecular flexibility index (Phi) is 9.05. The zero-order chi connectivity index (χ0) is 11.5. The van der Waals surface area contributed by atoms with Crippen LogP contribution in [-0.2, 0) is 23.7 Å². The first kappa shape index (κ1) is 14.1. The summed E-state index contributed by atoms with van der Waals surface area (Å²) in [4.78, 5) is 10.9. The van der Waals surface area contributed by atoms with Gasteiger partial charge in [-0.05, 0) is 6.92 Å².